The lowest BCUT2D eigenvalue weighted by Gasteiger charge is -2.27. The molecule has 5 N–H and O–H groups in total. The molecule has 2 amide bonds. The van der Waals surface area contributed by atoms with Crippen molar-refractivity contribution in [2.45, 2.75) is 71.6 Å². The molecule has 0 spiro atoms. The second-order valence-corrected chi connectivity index (χ2v) is 25.0. The van der Waals surface area contributed by atoms with Gasteiger partial charge in [0.05, 0.1) is 39.7 Å². The van der Waals surface area contributed by atoms with Crippen LogP contribution in [0, 0.1) is 0 Å². The molecular weight excluding hydrogens is 1030 g/mol. The van der Waals surface area contributed by atoms with E-state index in [0.717, 1.165) is 34.7 Å². The Morgan fingerprint density at radius 1 is 0.685 bits per heavy atom. The number of amides is 2. The van der Waals surface area contributed by atoms with E-state index in [9.17, 15) is 71.4 Å². The number of aromatic carboxylic acids is 1. The number of fused-ring (bicyclic) bond motifs is 2. The average molecular weight is 1090 g/mol. The molecule has 2 aliphatic heterocycles. The van der Waals surface area contributed by atoms with Crippen molar-refractivity contribution in [3.05, 3.63) is 118 Å². The maximum Gasteiger partial charge on any atom is 0.337 e. The predicted molar refractivity (Wildman–Crippen MR) is 275 cm³/mol. The van der Waals surface area contributed by atoms with Gasteiger partial charge < -0.3 is 19.8 Å². The number of anilines is 1. The van der Waals surface area contributed by atoms with Crippen molar-refractivity contribution >= 4 is 80.9 Å². The number of carboxylic acid groups (broad SMARTS) is 1. The zero-order valence-corrected chi connectivity index (χ0v) is 44.6. The highest BCUT2D eigenvalue weighted by Gasteiger charge is 2.45. The van der Waals surface area contributed by atoms with Gasteiger partial charge in [-0.25, -0.2) is 4.79 Å². The number of hydrogen-bond acceptors (Lipinski definition) is 13. The molecule has 3 heterocycles. The van der Waals surface area contributed by atoms with Gasteiger partial charge in [-0.2, -0.15) is 38.2 Å². The van der Waals surface area contributed by atoms with Gasteiger partial charge in [-0.3, -0.25) is 32.8 Å². The van der Waals surface area contributed by atoms with Crippen molar-refractivity contribution in [3.8, 4) is 0 Å². The molecule has 0 bridgehead atoms. The van der Waals surface area contributed by atoms with E-state index >= 15 is 0 Å². The van der Waals surface area contributed by atoms with Gasteiger partial charge in [0.2, 0.25) is 5.69 Å². The Bertz CT molecular complexity index is 3180. The number of hydrogen-bond donors (Lipinski definition) is 5. The van der Waals surface area contributed by atoms with Crippen molar-refractivity contribution in [2.24, 2.45) is 0 Å². The van der Waals surface area contributed by atoms with Crippen LogP contribution < -0.4 is 4.90 Å². The topological polar surface area (TPSA) is 315 Å². The van der Waals surface area contributed by atoms with Gasteiger partial charge in [0.15, 0.2) is 5.71 Å². The molecule has 25 heteroatoms. The lowest BCUT2D eigenvalue weighted by atomic mass is 9.80. The zero-order chi connectivity index (χ0) is 54.5. The van der Waals surface area contributed by atoms with Gasteiger partial charge in [0.25, 0.3) is 52.3 Å². The highest BCUT2D eigenvalue weighted by atomic mass is 32.2. The summed E-state index contributed by atoms with van der Waals surface area (Å²) < 4.78 is 133. The van der Waals surface area contributed by atoms with Crippen molar-refractivity contribution in [1.82, 2.24) is 14.8 Å². The molecule has 2 aromatic carbocycles. The first-order valence-corrected chi connectivity index (χ1v) is 29.6. The summed E-state index contributed by atoms with van der Waals surface area (Å²) in [5.74, 6) is -5.47. The van der Waals surface area contributed by atoms with Gasteiger partial charge in [0.1, 0.15) is 6.54 Å². The van der Waals surface area contributed by atoms with E-state index < -0.39 is 105 Å². The number of carbonyl (C=O) groups excluding carboxylic acids is 2. The van der Waals surface area contributed by atoms with Crippen molar-refractivity contribution in [2.75, 3.05) is 67.2 Å². The van der Waals surface area contributed by atoms with Gasteiger partial charge in [0, 0.05) is 96.5 Å². The first-order chi connectivity index (χ1) is 33.8. The molecule has 0 aliphatic carbocycles. The summed E-state index contributed by atoms with van der Waals surface area (Å²) in [5, 5.41) is 9.71. The van der Waals surface area contributed by atoms with E-state index in [0.29, 0.717) is 40.3 Å². The van der Waals surface area contributed by atoms with Gasteiger partial charge >= 0.3 is 5.97 Å². The minimum Gasteiger partial charge on any atom is -0.478 e. The minimum atomic E-state index is -4.60. The van der Waals surface area contributed by atoms with Crippen LogP contribution in [0.15, 0.2) is 84.7 Å². The van der Waals surface area contributed by atoms with E-state index in [-0.39, 0.29) is 37.2 Å². The van der Waals surface area contributed by atoms with Gasteiger partial charge in [-0.15, -0.1) is 0 Å². The SMILES string of the molecule is CCCCN1C(=CC=C(C=CC2=[N+](CCCS(=O)(=O)O)c3ccc(C(=O)N(CCS(=O)(=O)O)CCS(=O)(=O)O)cc3C2(C)C)c2ccc(C(=O)O)cn2)C(C)(C)c2cc(C(=O)N(CC)CCS(=O)(=O)O)ccc21. The molecule has 3 aromatic rings. The predicted octanol–water partition coefficient (Wildman–Crippen LogP) is 5.12. The highest BCUT2D eigenvalue weighted by molar-refractivity contribution is 7.86. The van der Waals surface area contributed by atoms with Crippen LogP contribution in [0.3, 0.4) is 0 Å². The molecule has 0 radical (unpaired) electrons. The smallest absolute Gasteiger partial charge is 0.337 e. The molecule has 1 aromatic heterocycles. The number of nitrogens with zero attached hydrogens (tertiary/aromatic N) is 5. The zero-order valence-electron chi connectivity index (χ0n) is 41.3. The van der Waals surface area contributed by atoms with E-state index in [4.69, 9.17) is 0 Å². The van der Waals surface area contributed by atoms with Crippen LogP contribution in [0.2, 0.25) is 0 Å². The number of unbranched alkanes of at least 4 members (excludes halogenated alkanes) is 1. The summed E-state index contributed by atoms with van der Waals surface area (Å²) in [6.07, 6.45) is 10.0. The van der Waals surface area contributed by atoms with Gasteiger partial charge in [-0.1, -0.05) is 33.3 Å². The Morgan fingerprint density at radius 2 is 1.22 bits per heavy atom. The normalized spacial score (nSPS) is 16.3. The van der Waals surface area contributed by atoms with Crippen molar-refractivity contribution in [1.29, 1.82) is 0 Å². The Balaban J connectivity index is 1.65. The van der Waals surface area contributed by atoms with Crippen molar-refractivity contribution < 1.29 is 75.9 Å². The van der Waals surface area contributed by atoms with Crippen LogP contribution in [-0.4, -0.2) is 162 Å². The van der Waals surface area contributed by atoms with Crippen LogP contribution in [0.1, 0.15) is 109 Å². The van der Waals surface area contributed by atoms with E-state index in [2.05, 4.69) is 16.8 Å². The summed E-state index contributed by atoms with van der Waals surface area (Å²) in [6, 6.07) is 12.8. The fraction of sp³-hybridized carbons (Fsp3) is 0.438. The molecule has 21 nitrogen and oxygen atoms in total. The number of rotatable bonds is 24. The Labute approximate surface area is 426 Å². The lowest BCUT2D eigenvalue weighted by molar-refractivity contribution is -0.437. The summed E-state index contributed by atoms with van der Waals surface area (Å²) in [4.78, 5) is 48.4. The van der Waals surface area contributed by atoms with Crippen LogP contribution >= 0.6 is 0 Å². The summed E-state index contributed by atoms with van der Waals surface area (Å²) in [6.45, 7) is 10.8. The van der Waals surface area contributed by atoms with Crippen molar-refractivity contribution in [3.63, 3.8) is 0 Å². The number of carbonyl (C=O) groups is 3. The van der Waals surface area contributed by atoms with Crippen LogP contribution in [0.25, 0.3) is 5.57 Å². The number of aromatic nitrogens is 1. The first kappa shape index (κ1) is 58.2. The van der Waals surface area contributed by atoms with E-state index in [1.165, 1.54) is 35.4 Å². The van der Waals surface area contributed by atoms with E-state index in [1.54, 1.807) is 41.9 Å². The second kappa shape index (κ2) is 22.8. The maximum atomic E-state index is 13.9. The summed E-state index contributed by atoms with van der Waals surface area (Å²) >= 11 is 0. The molecule has 398 valence electrons. The molecule has 2 aliphatic rings. The fourth-order valence-electron chi connectivity index (χ4n) is 8.83. The minimum absolute atomic E-state index is 0.000302. The molecule has 73 heavy (non-hydrogen) atoms. The Hall–Kier alpha value is -5.67. The molecule has 0 saturated carbocycles. The molecule has 5 rings (SSSR count). The third-order valence-corrected chi connectivity index (χ3v) is 15.7. The van der Waals surface area contributed by atoms with E-state index in [1.807, 2.05) is 45.9 Å². The third kappa shape index (κ3) is 15.0. The average Bonchev–Trinajstić information content (AvgIpc) is 3.63. The standard InChI is InChI=1S/C48H61N5O16S4/c1-7-9-21-52-40-17-12-34(44(54)50(8-2)23-27-71(61,62)63)30-37(40)47(3,4)42(52)19-14-33(39-16-11-36(32-49-39)46(56)57)15-20-43-48(5,6)38-31-35(13-18-41(38)53(43)22-10-26-70(58,59)60)45(55)51(24-28-72(64,65)66)25-29-73(67,68)69/h11-20,30-32H,7-10,21-29H2,1-6H3,(H4-,56,57,58,59,60,61,62,63,64,65,66,67,68,69)/p+1. The quantitative estimate of drug-likeness (QED) is 0.0441. The largest absolute Gasteiger partial charge is 0.478 e. The van der Waals surface area contributed by atoms with Crippen LogP contribution in [0.4, 0.5) is 11.4 Å². The Kier molecular flexibility index (Phi) is 18.2. The maximum absolute atomic E-state index is 13.9. The highest BCUT2D eigenvalue weighted by Crippen LogP contribution is 2.48. The molecule has 0 fully saturated rings. The number of benzene rings is 2. The van der Waals surface area contributed by atoms with Crippen LogP contribution in [0.5, 0.6) is 0 Å². The number of allylic oxidation sites excluding steroid dienone is 6. The molecule has 0 unspecified atom stereocenters. The molecule has 0 atom stereocenters. The second-order valence-electron chi connectivity index (χ2n) is 18.7. The molecular formula is C48H62N5O16S4+. The number of carboxylic acids is 1. The number of pyridine rings is 1. The monoisotopic (exact) mass is 1090 g/mol. The lowest BCUT2D eigenvalue weighted by Crippen LogP contribution is -2.38. The van der Waals surface area contributed by atoms with Gasteiger partial charge in [-0.05, 0) is 87.4 Å². The summed E-state index contributed by atoms with van der Waals surface area (Å²) in [7, 11) is -17.9. The third-order valence-electron chi connectivity index (χ3n) is 12.8. The molecule has 0 saturated heterocycles. The van der Waals surface area contributed by atoms with Crippen LogP contribution in [-0.2, 0) is 51.3 Å². The summed E-state index contributed by atoms with van der Waals surface area (Å²) in [5.41, 5.74) is 3.53. The first-order valence-electron chi connectivity index (χ1n) is 23.2. The Morgan fingerprint density at radius 3 is 1.74 bits per heavy atom. The fourth-order valence-corrected chi connectivity index (χ4v) is 10.7.